The van der Waals surface area contributed by atoms with Crippen LogP contribution < -0.4 is 10.2 Å². The number of anilines is 2. The van der Waals surface area contributed by atoms with E-state index in [1.165, 1.54) is 16.9 Å². The summed E-state index contributed by atoms with van der Waals surface area (Å²) in [5.74, 6) is 0.351. The molecule has 2 heterocycles. The van der Waals surface area contributed by atoms with Crippen LogP contribution >= 0.6 is 11.3 Å². The van der Waals surface area contributed by atoms with Gasteiger partial charge in [-0.25, -0.2) is 0 Å². The highest BCUT2D eigenvalue weighted by Crippen LogP contribution is 2.37. The van der Waals surface area contributed by atoms with Crippen LogP contribution in [-0.2, 0) is 11.2 Å². The Morgan fingerprint density at radius 3 is 2.82 bits per heavy atom. The number of rotatable bonds is 3. The summed E-state index contributed by atoms with van der Waals surface area (Å²) in [5.41, 5.74) is 2.89. The van der Waals surface area contributed by atoms with Gasteiger partial charge in [-0.1, -0.05) is 12.1 Å². The molecular formula is C17H16N2O2S. The second-order valence-corrected chi connectivity index (χ2v) is 6.74. The van der Waals surface area contributed by atoms with Crippen LogP contribution in [0.4, 0.5) is 11.4 Å². The molecule has 4 rings (SSSR count). The molecule has 1 fully saturated rings. The first kappa shape index (κ1) is 13.5. The van der Waals surface area contributed by atoms with Crippen molar-refractivity contribution in [2.45, 2.75) is 19.3 Å². The predicted molar refractivity (Wildman–Crippen MR) is 87.5 cm³/mol. The van der Waals surface area contributed by atoms with Gasteiger partial charge in [0.1, 0.15) is 0 Å². The zero-order chi connectivity index (χ0) is 15.1. The van der Waals surface area contributed by atoms with Crippen LogP contribution in [0.1, 0.15) is 28.1 Å². The fourth-order valence-electron chi connectivity index (χ4n) is 2.84. The van der Waals surface area contributed by atoms with Crippen molar-refractivity contribution in [3.8, 4) is 0 Å². The minimum absolute atomic E-state index is 0.104. The number of nitrogens with one attached hydrogen (secondary N) is 1. The van der Waals surface area contributed by atoms with E-state index in [0.29, 0.717) is 4.88 Å². The van der Waals surface area contributed by atoms with Gasteiger partial charge >= 0.3 is 0 Å². The van der Waals surface area contributed by atoms with Gasteiger partial charge in [0.2, 0.25) is 5.91 Å². The number of amides is 2. The monoisotopic (exact) mass is 312 g/mol. The van der Waals surface area contributed by atoms with E-state index in [4.69, 9.17) is 0 Å². The summed E-state index contributed by atoms with van der Waals surface area (Å²) in [4.78, 5) is 27.0. The number of fused-ring (bicyclic) bond motifs is 1. The Bertz CT molecular complexity index is 735. The lowest BCUT2D eigenvalue weighted by Crippen LogP contribution is -2.30. The molecule has 1 N–H and O–H groups in total. The second-order valence-electron chi connectivity index (χ2n) is 5.79. The fourth-order valence-corrected chi connectivity index (χ4v) is 3.46. The maximum Gasteiger partial charge on any atom is 0.265 e. The largest absolute Gasteiger partial charge is 0.321 e. The molecule has 0 saturated heterocycles. The fraction of sp³-hybridized carbons (Fsp3) is 0.294. The Kier molecular flexibility index (Phi) is 3.22. The number of hydrogen-bond acceptors (Lipinski definition) is 3. The zero-order valence-corrected chi connectivity index (χ0v) is 12.9. The summed E-state index contributed by atoms with van der Waals surface area (Å²) in [6.45, 7) is 0.757. The molecule has 5 heteroatoms. The molecular weight excluding hydrogens is 296 g/mol. The van der Waals surface area contributed by atoms with E-state index in [2.05, 4.69) is 5.32 Å². The highest BCUT2D eigenvalue weighted by molar-refractivity contribution is 7.12. The second kappa shape index (κ2) is 5.25. The molecule has 0 spiro atoms. The molecule has 1 saturated carbocycles. The molecule has 112 valence electrons. The van der Waals surface area contributed by atoms with E-state index in [9.17, 15) is 9.59 Å². The van der Waals surface area contributed by atoms with E-state index in [1.807, 2.05) is 34.5 Å². The quantitative estimate of drug-likeness (QED) is 0.945. The lowest BCUT2D eigenvalue weighted by atomic mass is 10.1. The smallest absolute Gasteiger partial charge is 0.265 e. The summed E-state index contributed by atoms with van der Waals surface area (Å²) >= 11 is 1.42. The maximum absolute atomic E-state index is 12.3. The number of carbonyl (C=O) groups excluding carboxylic acids is 2. The van der Waals surface area contributed by atoms with Crippen molar-refractivity contribution >= 4 is 34.5 Å². The summed E-state index contributed by atoms with van der Waals surface area (Å²) in [5, 5.41) is 4.79. The molecule has 0 radical (unpaired) electrons. The van der Waals surface area contributed by atoms with E-state index in [-0.39, 0.29) is 17.7 Å². The third-order valence-electron chi connectivity index (χ3n) is 4.18. The van der Waals surface area contributed by atoms with Crippen LogP contribution in [0, 0.1) is 5.92 Å². The molecule has 2 amide bonds. The summed E-state index contributed by atoms with van der Waals surface area (Å²) in [6.07, 6.45) is 2.92. The number of thiophene rings is 1. The molecule has 2 aliphatic rings. The molecule has 2 aromatic rings. The average molecular weight is 312 g/mol. The Morgan fingerprint density at radius 2 is 2.09 bits per heavy atom. The summed E-state index contributed by atoms with van der Waals surface area (Å²) in [6, 6.07) is 9.51. The number of carbonyl (C=O) groups is 2. The maximum atomic E-state index is 12.3. The molecule has 1 aliphatic carbocycles. The van der Waals surface area contributed by atoms with Crippen molar-refractivity contribution in [2.24, 2.45) is 5.92 Å². The van der Waals surface area contributed by atoms with Gasteiger partial charge in [0.15, 0.2) is 0 Å². The van der Waals surface area contributed by atoms with E-state index < -0.39 is 0 Å². The van der Waals surface area contributed by atoms with Gasteiger partial charge in [0.05, 0.1) is 4.88 Å². The number of nitrogens with zero attached hydrogens (tertiary/aromatic N) is 1. The minimum atomic E-state index is -0.104. The minimum Gasteiger partial charge on any atom is -0.321 e. The van der Waals surface area contributed by atoms with Gasteiger partial charge in [-0.05, 0) is 48.4 Å². The molecule has 0 atom stereocenters. The molecule has 1 aromatic carbocycles. The van der Waals surface area contributed by atoms with Gasteiger partial charge in [-0.15, -0.1) is 11.3 Å². The van der Waals surface area contributed by atoms with Crippen molar-refractivity contribution in [1.29, 1.82) is 0 Å². The highest BCUT2D eigenvalue weighted by atomic mass is 32.1. The molecule has 0 unspecified atom stereocenters. The van der Waals surface area contributed by atoms with Crippen LogP contribution in [-0.4, -0.2) is 18.4 Å². The summed E-state index contributed by atoms with van der Waals surface area (Å²) in [7, 11) is 0. The predicted octanol–water partition coefficient (Wildman–Crippen LogP) is 3.30. The molecule has 1 aromatic heterocycles. The Morgan fingerprint density at radius 1 is 1.23 bits per heavy atom. The van der Waals surface area contributed by atoms with Gasteiger partial charge in [0, 0.05) is 23.8 Å². The first-order valence-corrected chi connectivity index (χ1v) is 8.39. The molecule has 0 bridgehead atoms. The van der Waals surface area contributed by atoms with Crippen molar-refractivity contribution in [3.63, 3.8) is 0 Å². The SMILES string of the molecule is O=C(Nc1ccc2c(c1)N(C(=O)C1CC1)CC2)c1cccs1. The van der Waals surface area contributed by atoms with E-state index in [0.717, 1.165) is 37.2 Å². The van der Waals surface area contributed by atoms with Gasteiger partial charge in [-0.3, -0.25) is 9.59 Å². The van der Waals surface area contributed by atoms with Crippen LogP contribution in [0.25, 0.3) is 0 Å². The molecule has 4 nitrogen and oxygen atoms in total. The van der Waals surface area contributed by atoms with Crippen molar-refractivity contribution in [1.82, 2.24) is 0 Å². The topological polar surface area (TPSA) is 49.4 Å². The third kappa shape index (κ3) is 2.41. The molecule has 22 heavy (non-hydrogen) atoms. The van der Waals surface area contributed by atoms with Crippen molar-refractivity contribution < 1.29 is 9.59 Å². The van der Waals surface area contributed by atoms with Gasteiger partial charge < -0.3 is 10.2 Å². The van der Waals surface area contributed by atoms with Crippen LogP contribution in [0.3, 0.4) is 0 Å². The number of hydrogen-bond donors (Lipinski definition) is 1. The van der Waals surface area contributed by atoms with Gasteiger partial charge in [-0.2, -0.15) is 0 Å². The average Bonchev–Trinajstić information content (AvgIpc) is 3.07. The zero-order valence-electron chi connectivity index (χ0n) is 12.0. The van der Waals surface area contributed by atoms with E-state index in [1.54, 1.807) is 6.07 Å². The normalized spacial score (nSPS) is 16.5. The van der Waals surface area contributed by atoms with Crippen molar-refractivity contribution in [2.75, 3.05) is 16.8 Å². The first-order valence-electron chi connectivity index (χ1n) is 7.51. The lowest BCUT2D eigenvalue weighted by Gasteiger charge is -2.18. The molecule has 1 aliphatic heterocycles. The third-order valence-corrected chi connectivity index (χ3v) is 5.04. The standard InChI is InChI=1S/C17H16N2O2S/c20-16(15-2-1-9-22-15)18-13-6-5-11-7-8-19(14(11)10-13)17(21)12-3-4-12/h1-2,5-6,9-10,12H,3-4,7-8H2,(H,18,20). The number of benzene rings is 1. The van der Waals surface area contributed by atoms with Crippen LogP contribution in [0.15, 0.2) is 35.7 Å². The Hall–Kier alpha value is -2.14. The first-order chi connectivity index (χ1) is 10.7. The van der Waals surface area contributed by atoms with E-state index >= 15 is 0 Å². The lowest BCUT2D eigenvalue weighted by molar-refractivity contribution is -0.119. The van der Waals surface area contributed by atoms with Crippen molar-refractivity contribution in [3.05, 3.63) is 46.2 Å². The Labute approximate surface area is 132 Å². The van der Waals surface area contributed by atoms with Gasteiger partial charge in [0.25, 0.3) is 5.91 Å². The highest BCUT2D eigenvalue weighted by Gasteiger charge is 2.36. The Balaban J connectivity index is 1.57. The van der Waals surface area contributed by atoms with Crippen LogP contribution in [0.5, 0.6) is 0 Å². The van der Waals surface area contributed by atoms with Crippen LogP contribution in [0.2, 0.25) is 0 Å². The summed E-state index contributed by atoms with van der Waals surface area (Å²) < 4.78 is 0.